The molecule has 1 aromatic rings. The molecule has 0 spiro atoms. The van der Waals surface area contributed by atoms with Crippen LogP contribution in [0.2, 0.25) is 0 Å². The van der Waals surface area contributed by atoms with Crippen molar-refractivity contribution in [1.82, 2.24) is 0 Å². The Bertz CT molecular complexity index is 360. The predicted molar refractivity (Wildman–Crippen MR) is 51.5 cm³/mol. The van der Waals surface area contributed by atoms with Crippen LogP contribution in [-0.4, -0.2) is 11.9 Å². The van der Waals surface area contributed by atoms with Crippen molar-refractivity contribution in [3.8, 4) is 0 Å². The van der Waals surface area contributed by atoms with Crippen molar-refractivity contribution in [2.75, 3.05) is 5.32 Å². The van der Waals surface area contributed by atoms with Crippen LogP contribution in [0.4, 0.5) is 5.69 Å². The standard InChI is InChI=1S/C10H12N2O/c1-6-3-2-4-9-7(6)5-8(11)10(13)12-9/h2-4,8H,5,11H2,1H3,(H,12,13). The first kappa shape index (κ1) is 8.26. The van der Waals surface area contributed by atoms with Crippen molar-refractivity contribution < 1.29 is 4.79 Å². The summed E-state index contributed by atoms with van der Waals surface area (Å²) in [4.78, 5) is 11.2. The average molecular weight is 176 g/mol. The summed E-state index contributed by atoms with van der Waals surface area (Å²) in [5, 5.41) is 2.79. The summed E-state index contributed by atoms with van der Waals surface area (Å²) in [5.74, 6) is -0.0851. The number of aryl methyl sites for hydroxylation is 1. The predicted octanol–water partition coefficient (Wildman–Crippen LogP) is 0.817. The lowest BCUT2D eigenvalue weighted by Crippen LogP contribution is -2.41. The molecule has 0 aromatic heterocycles. The van der Waals surface area contributed by atoms with Gasteiger partial charge in [0.1, 0.15) is 0 Å². The van der Waals surface area contributed by atoms with Gasteiger partial charge in [0, 0.05) is 5.69 Å². The van der Waals surface area contributed by atoms with Crippen molar-refractivity contribution >= 4 is 11.6 Å². The van der Waals surface area contributed by atoms with Gasteiger partial charge in [0.15, 0.2) is 0 Å². The first-order valence-corrected chi connectivity index (χ1v) is 4.33. The van der Waals surface area contributed by atoms with Crippen LogP contribution in [0.1, 0.15) is 11.1 Å². The molecule has 1 heterocycles. The minimum Gasteiger partial charge on any atom is -0.324 e. The van der Waals surface area contributed by atoms with Gasteiger partial charge >= 0.3 is 0 Å². The van der Waals surface area contributed by atoms with E-state index in [2.05, 4.69) is 5.32 Å². The Morgan fingerprint density at radius 3 is 3.08 bits per heavy atom. The number of hydrogen-bond acceptors (Lipinski definition) is 2. The molecule has 1 aliphatic heterocycles. The summed E-state index contributed by atoms with van der Waals surface area (Å²) in [6, 6.07) is 5.48. The SMILES string of the molecule is Cc1cccc2c1CC(N)C(=O)N2. The Morgan fingerprint density at radius 2 is 2.31 bits per heavy atom. The minimum atomic E-state index is -0.395. The Morgan fingerprint density at radius 1 is 1.54 bits per heavy atom. The number of anilines is 1. The topological polar surface area (TPSA) is 55.1 Å². The van der Waals surface area contributed by atoms with Crippen LogP contribution in [0.3, 0.4) is 0 Å². The number of rotatable bonds is 0. The van der Waals surface area contributed by atoms with Crippen LogP contribution < -0.4 is 11.1 Å². The molecule has 0 bridgehead atoms. The number of amides is 1. The maximum atomic E-state index is 11.2. The van der Waals surface area contributed by atoms with Gasteiger partial charge in [-0.25, -0.2) is 0 Å². The van der Waals surface area contributed by atoms with Crippen LogP contribution in [0.15, 0.2) is 18.2 Å². The van der Waals surface area contributed by atoms with E-state index in [9.17, 15) is 4.79 Å². The summed E-state index contributed by atoms with van der Waals surface area (Å²) in [6.07, 6.45) is 0.647. The van der Waals surface area contributed by atoms with Crippen molar-refractivity contribution in [3.05, 3.63) is 29.3 Å². The normalized spacial score (nSPS) is 20.8. The summed E-state index contributed by atoms with van der Waals surface area (Å²) in [5.41, 5.74) is 8.91. The molecule has 3 heteroatoms. The van der Waals surface area contributed by atoms with E-state index in [1.165, 1.54) is 5.56 Å². The number of carbonyl (C=O) groups excluding carboxylic acids is 1. The highest BCUT2D eigenvalue weighted by Gasteiger charge is 2.23. The molecule has 2 rings (SSSR count). The fourth-order valence-electron chi connectivity index (χ4n) is 1.63. The van der Waals surface area contributed by atoms with E-state index in [1.807, 2.05) is 25.1 Å². The molecule has 1 aliphatic rings. The fourth-order valence-corrected chi connectivity index (χ4v) is 1.63. The Labute approximate surface area is 76.9 Å². The molecule has 0 saturated carbocycles. The monoisotopic (exact) mass is 176 g/mol. The van der Waals surface area contributed by atoms with Gasteiger partial charge in [0.05, 0.1) is 6.04 Å². The zero-order valence-electron chi connectivity index (χ0n) is 7.50. The highest BCUT2D eigenvalue weighted by atomic mass is 16.2. The Kier molecular flexibility index (Phi) is 1.81. The van der Waals surface area contributed by atoms with Crippen LogP contribution in [0.25, 0.3) is 0 Å². The van der Waals surface area contributed by atoms with E-state index in [0.29, 0.717) is 6.42 Å². The van der Waals surface area contributed by atoms with Gasteiger partial charge in [0.2, 0.25) is 5.91 Å². The van der Waals surface area contributed by atoms with Gasteiger partial charge in [-0.1, -0.05) is 12.1 Å². The molecular weight excluding hydrogens is 164 g/mol. The first-order valence-electron chi connectivity index (χ1n) is 4.33. The molecule has 1 atom stereocenters. The van der Waals surface area contributed by atoms with Gasteiger partial charge in [-0.05, 0) is 30.5 Å². The van der Waals surface area contributed by atoms with E-state index in [0.717, 1.165) is 11.3 Å². The lowest BCUT2D eigenvalue weighted by molar-refractivity contribution is -0.117. The quantitative estimate of drug-likeness (QED) is 0.614. The second kappa shape index (κ2) is 2.85. The number of hydrogen-bond donors (Lipinski definition) is 2. The van der Waals surface area contributed by atoms with E-state index >= 15 is 0 Å². The number of nitrogens with two attached hydrogens (primary N) is 1. The smallest absolute Gasteiger partial charge is 0.241 e. The molecule has 1 amide bonds. The van der Waals surface area contributed by atoms with Crippen molar-refractivity contribution in [3.63, 3.8) is 0 Å². The van der Waals surface area contributed by atoms with Gasteiger partial charge in [-0.15, -0.1) is 0 Å². The summed E-state index contributed by atoms with van der Waals surface area (Å²) in [7, 11) is 0. The van der Waals surface area contributed by atoms with Crippen LogP contribution in [0, 0.1) is 6.92 Å². The highest BCUT2D eigenvalue weighted by molar-refractivity contribution is 5.98. The molecule has 3 nitrogen and oxygen atoms in total. The number of carbonyl (C=O) groups is 1. The second-order valence-corrected chi connectivity index (χ2v) is 3.40. The zero-order chi connectivity index (χ0) is 9.42. The zero-order valence-corrected chi connectivity index (χ0v) is 7.50. The molecule has 0 aliphatic carbocycles. The van der Waals surface area contributed by atoms with E-state index < -0.39 is 6.04 Å². The van der Waals surface area contributed by atoms with Crippen LogP contribution in [-0.2, 0) is 11.2 Å². The third-order valence-electron chi connectivity index (χ3n) is 2.43. The minimum absolute atomic E-state index is 0.0851. The van der Waals surface area contributed by atoms with Crippen molar-refractivity contribution in [1.29, 1.82) is 0 Å². The molecule has 1 aromatic carbocycles. The van der Waals surface area contributed by atoms with Gasteiger partial charge in [-0.2, -0.15) is 0 Å². The summed E-state index contributed by atoms with van der Waals surface area (Å²) < 4.78 is 0. The highest BCUT2D eigenvalue weighted by Crippen LogP contribution is 2.24. The van der Waals surface area contributed by atoms with Gasteiger partial charge < -0.3 is 11.1 Å². The van der Waals surface area contributed by atoms with Crippen LogP contribution >= 0.6 is 0 Å². The maximum absolute atomic E-state index is 11.2. The number of nitrogens with one attached hydrogen (secondary N) is 1. The molecular formula is C10H12N2O. The van der Waals surface area contributed by atoms with Gasteiger partial charge in [0.25, 0.3) is 0 Å². The Hall–Kier alpha value is -1.35. The lowest BCUT2D eigenvalue weighted by Gasteiger charge is -2.23. The molecule has 0 fully saturated rings. The largest absolute Gasteiger partial charge is 0.324 e. The molecule has 1 unspecified atom stereocenters. The van der Waals surface area contributed by atoms with Crippen LogP contribution in [0.5, 0.6) is 0 Å². The first-order chi connectivity index (χ1) is 6.18. The fraction of sp³-hybridized carbons (Fsp3) is 0.300. The molecule has 3 N–H and O–H groups in total. The summed E-state index contributed by atoms with van der Waals surface area (Å²) >= 11 is 0. The van der Waals surface area contributed by atoms with Crippen molar-refractivity contribution in [2.24, 2.45) is 5.73 Å². The Balaban J connectivity index is 2.48. The number of benzene rings is 1. The van der Waals surface area contributed by atoms with E-state index in [-0.39, 0.29) is 5.91 Å². The number of fused-ring (bicyclic) bond motifs is 1. The summed E-state index contributed by atoms with van der Waals surface area (Å²) in [6.45, 7) is 2.03. The molecule has 0 radical (unpaired) electrons. The maximum Gasteiger partial charge on any atom is 0.241 e. The van der Waals surface area contributed by atoms with E-state index in [1.54, 1.807) is 0 Å². The van der Waals surface area contributed by atoms with Crippen molar-refractivity contribution in [2.45, 2.75) is 19.4 Å². The molecule has 0 saturated heterocycles. The molecule has 68 valence electrons. The average Bonchev–Trinajstić information content (AvgIpc) is 2.09. The van der Waals surface area contributed by atoms with E-state index in [4.69, 9.17) is 5.73 Å². The third-order valence-corrected chi connectivity index (χ3v) is 2.43. The lowest BCUT2D eigenvalue weighted by atomic mass is 9.95. The third kappa shape index (κ3) is 1.31. The second-order valence-electron chi connectivity index (χ2n) is 3.40. The molecule has 13 heavy (non-hydrogen) atoms. The van der Waals surface area contributed by atoms with Gasteiger partial charge in [-0.3, -0.25) is 4.79 Å².